The summed E-state index contributed by atoms with van der Waals surface area (Å²) in [6.07, 6.45) is 0. The standard InChI is InChI=1S/C25H29O4P/c1-20-17-23(25(2,3)4)15-16-24(20)29-30(26,27-18-21-11-7-5-8-12-21)28-19-22-13-9-6-10-14-22/h5-17H,18-19H2,1-4H3. The van der Waals surface area contributed by atoms with E-state index in [2.05, 4.69) is 20.8 Å². The van der Waals surface area contributed by atoms with Crippen LogP contribution in [0, 0.1) is 6.92 Å². The summed E-state index contributed by atoms with van der Waals surface area (Å²) in [6, 6.07) is 25.0. The molecule has 0 saturated carbocycles. The lowest BCUT2D eigenvalue weighted by Crippen LogP contribution is -2.11. The Morgan fingerprint density at radius 2 is 1.27 bits per heavy atom. The van der Waals surface area contributed by atoms with Crippen molar-refractivity contribution in [3.8, 4) is 5.75 Å². The van der Waals surface area contributed by atoms with Crippen LogP contribution in [0.5, 0.6) is 5.75 Å². The molecule has 0 heterocycles. The Labute approximate surface area is 179 Å². The van der Waals surface area contributed by atoms with Gasteiger partial charge in [-0.25, -0.2) is 4.57 Å². The SMILES string of the molecule is Cc1cc(C(C)(C)C)ccc1OP(=O)(OCc1ccccc1)OCc1ccccc1. The Kier molecular flexibility index (Phi) is 7.14. The van der Waals surface area contributed by atoms with Crippen molar-refractivity contribution in [2.75, 3.05) is 0 Å². The highest BCUT2D eigenvalue weighted by molar-refractivity contribution is 7.48. The molecular formula is C25H29O4P. The minimum Gasteiger partial charge on any atom is -0.404 e. The molecule has 4 nitrogen and oxygen atoms in total. The summed E-state index contributed by atoms with van der Waals surface area (Å²) in [5.74, 6) is 0.493. The van der Waals surface area contributed by atoms with Gasteiger partial charge >= 0.3 is 7.82 Å². The summed E-state index contributed by atoms with van der Waals surface area (Å²) >= 11 is 0. The smallest absolute Gasteiger partial charge is 0.404 e. The second-order valence-electron chi connectivity index (χ2n) is 8.29. The second kappa shape index (κ2) is 9.61. The zero-order valence-corrected chi connectivity index (χ0v) is 18.9. The van der Waals surface area contributed by atoms with Gasteiger partial charge in [-0.3, -0.25) is 9.05 Å². The van der Waals surface area contributed by atoms with Gasteiger partial charge in [-0.1, -0.05) is 93.6 Å². The quantitative estimate of drug-likeness (QED) is 0.358. The van der Waals surface area contributed by atoms with Gasteiger partial charge < -0.3 is 4.52 Å². The summed E-state index contributed by atoms with van der Waals surface area (Å²) < 4.78 is 30.8. The number of rotatable bonds is 8. The first kappa shape index (κ1) is 22.3. The van der Waals surface area contributed by atoms with Gasteiger partial charge in [0.05, 0.1) is 13.2 Å². The van der Waals surface area contributed by atoms with Crippen LogP contribution in [0.3, 0.4) is 0 Å². The van der Waals surface area contributed by atoms with E-state index in [-0.39, 0.29) is 18.6 Å². The molecule has 30 heavy (non-hydrogen) atoms. The molecule has 0 aromatic heterocycles. The number of phosphoric acid groups is 1. The highest BCUT2D eigenvalue weighted by Gasteiger charge is 2.30. The van der Waals surface area contributed by atoms with E-state index >= 15 is 0 Å². The van der Waals surface area contributed by atoms with Crippen LogP contribution in [0.15, 0.2) is 78.9 Å². The summed E-state index contributed by atoms with van der Waals surface area (Å²) in [5, 5.41) is 0. The molecule has 0 atom stereocenters. The molecule has 0 saturated heterocycles. The molecule has 0 fully saturated rings. The Morgan fingerprint density at radius 3 is 1.70 bits per heavy atom. The topological polar surface area (TPSA) is 44.8 Å². The maximum atomic E-state index is 13.5. The lowest BCUT2D eigenvalue weighted by Gasteiger charge is -2.23. The monoisotopic (exact) mass is 424 g/mol. The first-order chi connectivity index (χ1) is 14.3. The van der Waals surface area contributed by atoms with E-state index in [9.17, 15) is 4.57 Å². The number of benzene rings is 3. The molecule has 0 radical (unpaired) electrons. The van der Waals surface area contributed by atoms with Gasteiger partial charge in [-0.2, -0.15) is 0 Å². The Morgan fingerprint density at radius 1 is 0.767 bits per heavy atom. The first-order valence-corrected chi connectivity index (χ1v) is 11.5. The number of phosphoric ester groups is 1. The first-order valence-electron chi connectivity index (χ1n) is 10.0. The maximum Gasteiger partial charge on any atom is 0.530 e. The summed E-state index contributed by atoms with van der Waals surface area (Å²) in [4.78, 5) is 0. The third-order valence-corrected chi connectivity index (χ3v) is 6.03. The summed E-state index contributed by atoms with van der Waals surface area (Å²) in [5.41, 5.74) is 3.86. The zero-order chi connectivity index (χ0) is 21.6. The van der Waals surface area contributed by atoms with Crippen LogP contribution in [0.1, 0.15) is 43.0 Å². The van der Waals surface area contributed by atoms with Crippen molar-refractivity contribution in [2.45, 2.75) is 46.3 Å². The molecule has 3 rings (SSSR count). The van der Waals surface area contributed by atoms with Crippen LogP contribution in [-0.2, 0) is 32.2 Å². The van der Waals surface area contributed by atoms with Gasteiger partial charge in [0.1, 0.15) is 5.75 Å². The minimum atomic E-state index is -3.85. The molecule has 0 amide bonds. The molecule has 0 aliphatic heterocycles. The Bertz CT molecular complexity index is 947. The molecule has 0 unspecified atom stereocenters. The average molecular weight is 424 g/mol. The van der Waals surface area contributed by atoms with Gasteiger partial charge in [-0.15, -0.1) is 0 Å². The van der Waals surface area contributed by atoms with Crippen molar-refractivity contribution >= 4 is 7.82 Å². The van der Waals surface area contributed by atoms with Crippen LogP contribution < -0.4 is 4.52 Å². The Hall–Kier alpha value is -2.39. The van der Waals surface area contributed by atoms with Crippen molar-refractivity contribution in [2.24, 2.45) is 0 Å². The predicted molar refractivity (Wildman–Crippen MR) is 121 cm³/mol. The van der Waals surface area contributed by atoms with E-state index in [1.807, 2.05) is 85.8 Å². The van der Waals surface area contributed by atoms with Crippen LogP contribution >= 0.6 is 7.82 Å². The third-order valence-electron chi connectivity index (χ3n) is 4.72. The van der Waals surface area contributed by atoms with Crippen molar-refractivity contribution in [3.05, 3.63) is 101 Å². The van der Waals surface area contributed by atoms with Crippen LogP contribution in [0.2, 0.25) is 0 Å². The number of hydrogen-bond donors (Lipinski definition) is 0. The van der Waals surface area contributed by atoms with Gasteiger partial charge in [0.25, 0.3) is 0 Å². The Balaban J connectivity index is 1.80. The normalized spacial score (nSPS) is 12.0. The van der Waals surface area contributed by atoms with Crippen LogP contribution in [0.4, 0.5) is 0 Å². The predicted octanol–water partition coefficient (Wildman–Crippen LogP) is 7.21. The molecule has 0 aliphatic rings. The second-order valence-corrected chi connectivity index (χ2v) is 9.88. The van der Waals surface area contributed by atoms with E-state index < -0.39 is 7.82 Å². The van der Waals surface area contributed by atoms with Crippen LogP contribution in [-0.4, -0.2) is 0 Å². The molecule has 3 aromatic rings. The van der Waals surface area contributed by atoms with E-state index in [0.717, 1.165) is 16.7 Å². The molecule has 3 aromatic carbocycles. The summed E-state index contributed by atoms with van der Waals surface area (Å²) in [6.45, 7) is 8.65. The van der Waals surface area contributed by atoms with Gasteiger partial charge in [0, 0.05) is 0 Å². The highest BCUT2D eigenvalue weighted by Crippen LogP contribution is 2.51. The molecule has 158 valence electrons. The van der Waals surface area contributed by atoms with Gasteiger partial charge in [-0.05, 0) is 40.7 Å². The molecule has 5 heteroatoms. The molecule has 0 N–H and O–H groups in total. The molecule has 0 aliphatic carbocycles. The fraction of sp³-hybridized carbons (Fsp3) is 0.280. The fourth-order valence-electron chi connectivity index (χ4n) is 2.88. The van der Waals surface area contributed by atoms with Crippen molar-refractivity contribution in [3.63, 3.8) is 0 Å². The molecule has 0 spiro atoms. The van der Waals surface area contributed by atoms with E-state index in [0.29, 0.717) is 5.75 Å². The number of aryl methyl sites for hydroxylation is 1. The van der Waals surface area contributed by atoms with E-state index in [1.165, 1.54) is 5.56 Å². The number of hydrogen-bond acceptors (Lipinski definition) is 4. The maximum absolute atomic E-state index is 13.5. The average Bonchev–Trinajstić information content (AvgIpc) is 2.73. The molecule has 0 bridgehead atoms. The molecular weight excluding hydrogens is 395 g/mol. The van der Waals surface area contributed by atoms with Gasteiger partial charge in [0.2, 0.25) is 0 Å². The third kappa shape index (κ3) is 6.30. The van der Waals surface area contributed by atoms with E-state index in [4.69, 9.17) is 13.6 Å². The lowest BCUT2D eigenvalue weighted by atomic mass is 9.86. The fourth-order valence-corrected chi connectivity index (χ4v) is 4.12. The van der Waals surface area contributed by atoms with Gasteiger partial charge in [0.15, 0.2) is 0 Å². The highest BCUT2D eigenvalue weighted by atomic mass is 31.2. The van der Waals surface area contributed by atoms with Crippen molar-refractivity contribution in [1.82, 2.24) is 0 Å². The van der Waals surface area contributed by atoms with Crippen molar-refractivity contribution in [1.29, 1.82) is 0 Å². The van der Waals surface area contributed by atoms with E-state index in [1.54, 1.807) is 0 Å². The largest absolute Gasteiger partial charge is 0.530 e. The minimum absolute atomic E-state index is 0.0145. The lowest BCUT2D eigenvalue weighted by molar-refractivity contribution is 0.143. The zero-order valence-electron chi connectivity index (χ0n) is 18.0. The summed E-state index contributed by atoms with van der Waals surface area (Å²) in [7, 11) is -3.85. The van der Waals surface area contributed by atoms with Crippen LogP contribution in [0.25, 0.3) is 0 Å². The van der Waals surface area contributed by atoms with Crippen molar-refractivity contribution < 1.29 is 18.1 Å².